The minimum Gasteiger partial charge on any atom is -0.299 e. The molecule has 3 nitrogen and oxygen atoms in total. The van der Waals surface area contributed by atoms with Gasteiger partial charge in [0.05, 0.1) is 0 Å². The van der Waals surface area contributed by atoms with Gasteiger partial charge in [0.1, 0.15) is 5.78 Å². The summed E-state index contributed by atoms with van der Waals surface area (Å²) in [7, 11) is 0. The second-order valence-corrected chi connectivity index (χ2v) is 10.2. The number of carbonyl (C=O) groups excluding carboxylic acids is 1. The number of fused-ring (bicyclic) bond motifs is 2. The lowest BCUT2D eigenvalue weighted by molar-refractivity contribution is -0.125. The second-order valence-electron chi connectivity index (χ2n) is 10.2. The van der Waals surface area contributed by atoms with Gasteiger partial charge in [0.2, 0.25) is 0 Å². The number of Topliss-reactive ketones (excluding diaryl/α,β-unsaturated/α-hetero) is 1. The maximum atomic E-state index is 12.7. The van der Waals surface area contributed by atoms with Gasteiger partial charge in [-0.15, -0.1) is 0 Å². The molecule has 2 saturated carbocycles. The molecule has 0 aromatic carbocycles. The van der Waals surface area contributed by atoms with Crippen LogP contribution >= 0.6 is 0 Å². The monoisotopic (exact) mass is 364 g/mol. The number of nitrogens with zero attached hydrogens (tertiary/aromatic N) is 2. The highest BCUT2D eigenvalue weighted by molar-refractivity contribution is 5.81. The maximum Gasteiger partial charge on any atom is 0.159 e. The van der Waals surface area contributed by atoms with Gasteiger partial charge in [-0.05, 0) is 78.5 Å². The lowest BCUT2D eigenvalue weighted by Gasteiger charge is -2.24. The van der Waals surface area contributed by atoms with Crippen LogP contribution in [0, 0.1) is 29.1 Å². The van der Waals surface area contributed by atoms with E-state index >= 15 is 0 Å². The average molecular weight is 365 g/mol. The Morgan fingerprint density at radius 1 is 1.07 bits per heavy atom. The van der Waals surface area contributed by atoms with E-state index in [0.29, 0.717) is 24.0 Å². The summed E-state index contributed by atoms with van der Waals surface area (Å²) in [6.45, 7) is 8.68. The molecular weight excluding hydrogens is 332 g/mol. The summed E-state index contributed by atoms with van der Waals surface area (Å²) < 4.78 is 0. The van der Waals surface area contributed by atoms with E-state index in [1.807, 2.05) is 18.5 Å². The molecule has 0 saturated heterocycles. The van der Waals surface area contributed by atoms with Gasteiger partial charge < -0.3 is 0 Å². The molecule has 2 heterocycles. The Balaban J connectivity index is 1.43. The summed E-state index contributed by atoms with van der Waals surface area (Å²) in [4.78, 5) is 21.5. The molecule has 0 spiro atoms. The van der Waals surface area contributed by atoms with Crippen molar-refractivity contribution in [2.45, 2.75) is 65.7 Å². The van der Waals surface area contributed by atoms with Crippen molar-refractivity contribution in [2.75, 3.05) is 0 Å². The Labute approximate surface area is 163 Å². The lowest BCUT2D eigenvalue weighted by atomic mass is 9.79. The van der Waals surface area contributed by atoms with Gasteiger partial charge in [-0.3, -0.25) is 4.79 Å². The fourth-order valence-electron chi connectivity index (χ4n) is 5.63. The average Bonchev–Trinajstić information content (AvgIpc) is 3.18. The smallest absolute Gasteiger partial charge is 0.159 e. The topological polar surface area (TPSA) is 42.9 Å². The van der Waals surface area contributed by atoms with E-state index in [9.17, 15) is 4.79 Å². The van der Waals surface area contributed by atoms with Crippen LogP contribution in [0.5, 0.6) is 0 Å². The molecule has 0 N–H and O–H groups in total. The number of pyridine rings is 2. The van der Waals surface area contributed by atoms with Gasteiger partial charge in [0.25, 0.3) is 0 Å². The maximum absolute atomic E-state index is 12.7. The summed E-state index contributed by atoms with van der Waals surface area (Å²) in [6.07, 6.45) is 9.43. The molecule has 2 aromatic heterocycles. The summed E-state index contributed by atoms with van der Waals surface area (Å²) in [5, 5.41) is 1.22. The Morgan fingerprint density at radius 3 is 2.41 bits per heavy atom. The van der Waals surface area contributed by atoms with E-state index in [2.05, 4.69) is 49.8 Å². The van der Waals surface area contributed by atoms with Gasteiger partial charge in [-0.2, -0.15) is 0 Å². The van der Waals surface area contributed by atoms with Crippen LogP contribution in [0.15, 0.2) is 30.6 Å². The van der Waals surface area contributed by atoms with Gasteiger partial charge in [0.15, 0.2) is 5.65 Å². The largest absolute Gasteiger partial charge is 0.299 e. The van der Waals surface area contributed by atoms with Crippen molar-refractivity contribution in [1.82, 2.24) is 9.97 Å². The van der Waals surface area contributed by atoms with Gasteiger partial charge >= 0.3 is 0 Å². The van der Waals surface area contributed by atoms with Crippen molar-refractivity contribution >= 4 is 16.8 Å². The van der Waals surface area contributed by atoms with E-state index in [1.54, 1.807) is 0 Å². The Bertz CT molecular complexity index is 818. The summed E-state index contributed by atoms with van der Waals surface area (Å²) in [6, 6.07) is 6.37. The molecule has 27 heavy (non-hydrogen) atoms. The number of hydrogen-bond donors (Lipinski definition) is 0. The Hall–Kier alpha value is -1.77. The Kier molecular flexibility index (Phi) is 4.82. The van der Waals surface area contributed by atoms with Crippen molar-refractivity contribution in [3.63, 3.8) is 0 Å². The van der Waals surface area contributed by atoms with Crippen molar-refractivity contribution in [3.8, 4) is 0 Å². The molecular formula is C24H32N2O. The second kappa shape index (κ2) is 7.00. The highest BCUT2D eigenvalue weighted by Gasteiger charge is 2.44. The zero-order valence-corrected chi connectivity index (χ0v) is 17.1. The van der Waals surface area contributed by atoms with E-state index in [4.69, 9.17) is 0 Å². The molecule has 2 fully saturated rings. The number of aromatic nitrogens is 2. The van der Waals surface area contributed by atoms with Crippen LogP contribution < -0.4 is 0 Å². The zero-order chi connectivity index (χ0) is 19.2. The number of hydrogen-bond acceptors (Lipinski definition) is 3. The molecule has 144 valence electrons. The van der Waals surface area contributed by atoms with Crippen LogP contribution in [0.25, 0.3) is 11.0 Å². The van der Waals surface area contributed by atoms with Crippen LogP contribution in [0.2, 0.25) is 0 Å². The standard InChI is InChI=1S/C24H32N2O/c1-15(22(27)14-24(2,3)4)16-10-17-12-19(13-18(17)11-16)20-7-9-26-23-21(20)6-5-8-25-23/h5-9,15-19H,10-14H2,1-4H3/t15?,16?,17-,18+,19?. The first kappa shape index (κ1) is 18.6. The van der Waals surface area contributed by atoms with Crippen molar-refractivity contribution in [2.24, 2.45) is 29.1 Å². The zero-order valence-electron chi connectivity index (χ0n) is 17.1. The number of carbonyl (C=O) groups is 1. The fraction of sp³-hybridized carbons (Fsp3) is 0.625. The van der Waals surface area contributed by atoms with Gasteiger partial charge in [-0.1, -0.05) is 27.7 Å². The molecule has 0 amide bonds. The SMILES string of the molecule is CC(C(=O)CC(C)(C)C)C1C[C@H]2CC(c3ccnc4ncccc34)C[C@H]2C1. The first-order chi connectivity index (χ1) is 12.8. The summed E-state index contributed by atoms with van der Waals surface area (Å²) in [5.41, 5.74) is 2.39. The molecule has 5 atom stereocenters. The van der Waals surface area contributed by atoms with E-state index in [0.717, 1.165) is 17.5 Å². The third kappa shape index (κ3) is 3.79. The normalized spacial score (nSPS) is 29.0. The highest BCUT2D eigenvalue weighted by atomic mass is 16.1. The van der Waals surface area contributed by atoms with Crippen LogP contribution in [0.1, 0.15) is 71.3 Å². The number of rotatable bonds is 4. The van der Waals surface area contributed by atoms with Gasteiger partial charge in [0, 0.05) is 30.1 Å². The van der Waals surface area contributed by atoms with Crippen LogP contribution in [0.4, 0.5) is 0 Å². The van der Waals surface area contributed by atoms with Crippen LogP contribution in [-0.4, -0.2) is 15.8 Å². The van der Waals surface area contributed by atoms with E-state index < -0.39 is 0 Å². The van der Waals surface area contributed by atoms with E-state index in [-0.39, 0.29) is 11.3 Å². The van der Waals surface area contributed by atoms with Crippen molar-refractivity contribution in [3.05, 3.63) is 36.2 Å². The highest BCUT2D eigenvalue weighted by Crippen LogP contribution is 2.54. The predicted octanol–water partition coefficient (Wildman–Crippen LogP) is 5.79. The summed E-state index contributed by atoms with van der Waals surface area (Å²) >= 11 is 0. The first-order valence-electron chi connectivity index (χ1n) is 10.5. The molecule has 3 heteroatoms. The van der Waals surface area contributed by atoms with Crippen molar-refractivity contribution in [1.29, 1.82) is 0 Å². The number of ketones is 1. The van der Waals surface area contributed by atoms with Crippen molar-refractivity contribution < 1.29 is 4.79 Å². The van der Waals surface area contributed by atoms with Crippen LogP contribution in [-0.2, 0) is 4.79 Å². The first-order valence-corrected chi connectivity index (χ1v) is 10.5. The van der Waals surface area contributed by atoms with Crippen LogP contribution in [0.3, 0.4) is 0 Å². The molecule has 3 unspecified atom stereocenters. The molecule has 0 bridgehead atoms. The fourth-order valence-corrected chi connectivity index (χ4v) is 5.63. The lowest BCUT2D eigenvalue weighted by Crippen LogP contribution is -2.24. The molecule has 2 aliphatic carbocycles. The third-order valence-electron chi connectivity index (χ3n) is 6.96. The predicted molar refractivity (Wildman–Crippen MR) is 109 cm³/mol. The third-order valence-corrected chi connectivity index (χ3v) is 6.96. The minimum absolute atomic E-state index is 0.0986. The molecule has 0 aliphatic heterocycles. The molecule has 2 aromatic rings. The quantitative estimate of drug-likeness (QED) is 0.689. The molecule has 0 radical (unpaired) electrons. The summed E-state index contributed by atoms with van der Waals surface area (Å²) in [5.74, 6) is 3.46. The molecule has 4 rings (SSSR count). The Morgan fingerprint density at radius 2 is 1.74 bits per heavy atom. The van der Waals surface area contributed by atoms with Gasteiger partial charge in [-0.25, -0.2) is 9.97 Å². The van der Waals surface area contributed by atoms with E-state index in [1.165, 1.54) is 36.6 Å². The minimum atomic E-state index is 0.0986. The molecule has 2 aliphatic rings.